The fourth-order valence-electron chi connectivity index (χ4n) is 1.10. The Morgan fingerprint density at radius 3 is 2.30 bits per heavy atom. The van der Waals surface area contributed by atoms with Crippen molar-refractivity contribution in [2.75, 3.05) is 0 Å². The Balaban J connectivity index is 3.23. The predicted molar refractivity (Wildman–Crippen MR) is 43.8 cm³/mol. The Hall–Kier alpha value is -0.630. The molecule has 0 unspecified atom stereocenters. The van der Waals surface area contributed by atoms with Crippen LogP contribution in [0.5, 0.6) is 0 Å². The molecular formula is C8H10OS. The van der Waals surface area contributed by atoms with Gasteiger partial charge < -0.3 is 0 Å². The molecule has 0 aliphatic carbocycles. The van der Waals surface area contributed by atoms with E-state index < -0.39 is 0 Å². The molecule has 54 valence electrons. The van der Waals surface area contributed by atoms with E-state index >= 15 is 0 Å². The minimum Gasteiger partial charge on any atom is -0.294 e. The van der Waals surface area contributed by atoms with E-state index in [0.29, 0.717) is 0 Å². The Morgan fingerprint density at radius 2 is 2.10 bits per heavy atom. The average Bonchev–Trinajstić information content (AvgIpc) is 2.11. The molecule has 0 N–H and O–H groups in total. The number of hydrogen-bond acceptors (Lipinski definition) is 2. The maximum Gasteiger partial charge on any atom is 0.161 e. The third-order valence-electron chi connectivity index (χ3n) is 1.51. The summed E-state index contributed by atoms with van der Waals surface area (Å²) in [4.78, 5) is 12.1. The summed E-state index contributed by atoms with van der Waals surface area (Å²) in [6, 6.07) is 0. The zero-order valence-corrected chi connectivity index (χ0v) is 7.21. The first-order chi connectivity index (χ1) is 4.63. The van der Waals surface area contributed by atoms with Crippen molar-refractivity contribution in [3.05, 3.63) is 21.4 Å². The second kappa shape index (κ2) is 2.54. The summed E-state index contributed by atoms with van der Waals surface area (Å²) >= 11 is 1.64. The number of rotatable bonds is 1. The van der Waals surface area contributed by atoms with Crippen molar-refractivity contribution in [1.29, 1.82) is 0 Å². The standard InChI is InChI=1S/C8H10OS/c1-5-4-10-7(3)8(5)6(2)9/h4H,1-3H3. The molecule has 2 heteroatoms. The molecule has 1 aromatic heterocycles. The van der Waals surface area contributed by atoms with Crippen molar-refractivity contribution in [3.63, 3.8) is 0 Å². The van der Waals surface area contributed by atoms with Crippen molar-refractivity contribution in [2.45, 2.75) is 20.8 Å². The molecule has 0 spiro atoms. The normalized spacial score (nSPS) is 9.90. The molecule has 0 saturated heterocycles. The summed E-state index contributed by atoms with van der Waals surface area (Å²) in [5.41, 5.74) is 2.01. The smallest absolute Gasteiger partial charge is 0.161 e. The van der Waals surface area contributed by atoms with Crippen LogP contribution >= 0.6 is 11.3 Å². The topological polar surface area (TPSA) is 17.1 Å². The maximum absolute atomic E-state index is 11.0. The quantitative estimate of drug-likeness (QED) is 0.568. The SMILES string of the molecule is CC(=O)c1c(C)csc1C. The van der Waals surface area contributed by atoms with Gasteiger partial charge in [0.2, 0.25) is 0 Å². The third-order valence-corrected chi connectivity index (χ3v) is 2.54. The van der Waals surface area contributed by atoms with Gasteiger partial charge in [-0.25, -0.2) is 0 Å². The summed E-state index contributed by atoms with van der Waals surface area (Å²) in [7, 11) is 0. The molecule has 1 heterocycles. The van der Waals surface area contributed by atoms with E-state index in [4.69, 9.17) is 0 Å². The molecule has 0 amide bonds. The first-order valence-corrected chi connectivity index (χ1v) is 4.06. The lowest BCUT2D eigenvalue weighted by atomic mass is 10.1. The summed E-state index contributed by atoms with van der Waals surface area (Å²) < 4.78 is 0. The molecule has 0 aliphatic rings. The number of Topliss-reactive ketones (excluding diaryl/α,β-unsaturated/α-hetero) is 1. The summed E-state index contributed by atoms with van der Waals surface area (Å²) in [5.74, 6) is 0.177. The fourth-order valence-corrected chi connectivity index (χ4v) is 1.99. The van der Waals surface area contributed by atoms with Gasteiger partial charge in [-0.2, -0.15) is 0 Å². The van der Waals surface area contributed by atoms with Gasteiger partial charge in [-0.05, 0) is 31.7 Å². The average molecular weight is 154 g/mol. The van der Waals surface area contributed by atoms with Gasteiger partial charge in [0, 0.05) is 10.4 Å². The highest BCUT2D eigenvalue weighted by molar-refractivity contribution is 7.10. The van der Waals surface area contributed by atoms with Crippen LogP contribution in [0.15, 0.2) is 5.38 Å². The van der Waals surface area contributed by atoms with Gasteiger partial charge in [-0.3, -0.25) is 4.79 Å². The molecule has 0 bridgehead atoms. The maximum atomic E-state index is 11.0. The minimum absolute atomic E-state index is 0.177. The molecule has 0 saturated carbocycles. The Labute approximate surface area is 64.7 Å². The highest BCUT2D eigenvalue weighted by Crippen LogP contribution is 2.20. The molecule has 0 radical (unpaired) electrons. The van der Waals surface area contributed by atoms with Crippen molar-refractivity contribution in [2.24, 2.45) is 0 Å². The number of aryl methyl sites for hydroxylation is 2. The van der Waals surface area contributed by atoms with Crippen LogP contribution in [0, 0.1) is 13.8 Å². The highest BCUT2D eigenvalue weighted by Gasteiger charge is 2.07. The van der Waals surface area contributed by atoms with Crippen LogP contribution in [-0.2, 0) is 0 Å². The van der Waals surface area contributed by atoms with Crippen molar-refractivity contribution < 1.29 is 4.79 Å². The molecule has 1 nitrogen and oxygen atoms in total. The first kappa shape index (κ1) is 7.48. The Bertz CT molecular complexity index is 241. The van der Waals surface area contributed by atoms with Crippen molar-refractivity contribution in [3.8, 4) is 0 Å². The van der Waals surface area contributed by atoms with Crippen LogP contribution < -0.4 is 0 Å². The zero-order valence-electron chi connectivity index (χ0n) is 6.39. The number of hydrogen-bond donors (Lipinski definition) is 0. The Morgan fingerprint density at radius 1 is 1.50 bits per heavy atom. The third kappa shape index (κ3) is 1.12. The number of ketones is 1. The lowest BCUT2D eigenvalue weighted by Gasteiger charge is -1.93. The van der Waals surface area contributed by atoms with E-state index in [2.05, 4.69) is 0 Å². The van der Waals surface area contributed by atoms with E-state index in [1.807, 2.05) is 19.2 Å². The molecule has 1 rings (SSSR count). The highest BCUT2D eigenvalue weighted by atomic mass is 32.1. The van der Waals surface area contributed by atoms with Gasteiger partial charge in [-0.15, -0.1) is 11.3 Å². The van der Waals surface area contributed by atoms with E-state index in [0.717, 1.165) is 16.0 Å². The second-order valence-corrected chi connectivity index (χ2v) is 3.49. The van der Waals surface area contributed by atoms with E-state index in [-0.39, 0.29) is 5.78 Å². The molecule has 0 aromatic carbocycles. The van der Waals surface area contributed by atoms with Gasteiger partial charge in [-0.1, -0.05) is 0 Å². The minimum atomic E-state index is 0.177. The first-order valence-electron chi connectivity index (χ1n) is 3.18. The second-order valence-electron chi connectivity index (χ2n) is 2.41. The largest absolute Gasteiger partial charge is 0.294 e. The van der Waals surface area contributed by atoms with E-state index in [1.165, 1.54) is 0 Å². The van der Waals surface area contributed by atoms with Gasteiger partial charge in [0.15, 0.2) is 5.78 Å². The van der Waals surface area contributed by atoms with Crippen LogP contribution in [0.2, 0.25) is 0 Å². The zero-order chi connectivity index (χ0) is 7.72. The molecule has 0 fully saturated rings. The number of carbonyl (C=O) groups is 1. The van der Waals surface area contributed by atoms with Crippen molar-refractivity contribution >= 4 is 17.1 Å². The Kier molecular flexibility index (Phi) is 1.90. The summed E-state index contributed by atoms with van der Waals surface area (Å²) in [6.07, 6.45) is 0. The molecule has 0 aliphatic heterocycles. The van der Waals surface area contributed by atoms with Crippen LogP contribution in [-0.4, -0.2) is 5.78 Å². The van der Waals surface area contributed by atoms with Gasteiger partial charge >= 0.3 is 0 Å². The molecule has 10 heavy (non-hydrogen) atoms. The lowest BCUT2D eigenvalue weighted by molar-refractivity contribution is 0.101. The summed E-state index contributed by atoms with van der Waals surface area (Å²) in [6.45, 7) is 5.57. The van der Waals surface area contributed by atoms with Crippen molar-refractivity contribution in [1.82, 2.24) is 0 Å². The van der Waals surface area contributed by atoms with Gasteiger partial charge in [0.25, 0.3) is 0 Å². The van der Waals surface area contributed by atoms with Gasteiger partial charge in [0.1, 0.15) is 0 Å². The molecule has 1 aromatic rings. The van der Waals surface area contributed by atoms with Gasteiger partial charge in [0.05, 0.1) is 0 Å². The van der Waals surface area contributed by atoms with Crippen LogP contribution in [0.1, 0.15) is 27.7 Å². The lowest BCUT2D eigenvalue weighted by Crippen LogP contribution is -1.93. The van der Waals surface area contributed by atoms with E-state index in [1.54, 1.807) is 18.3 Å². The van der Waals surface area contributed by atoms with Crippen LogP contribution in [0.3, 0.4) is 0 Å². The van der Waals surface area contributed by atoms with Crippen LogP contribution in [0.4, 0.5) is 0 Å². The van der Waals surface area contributed by atoms with Crippen LogP contribution in [0.25, 0.3) is 0 Å². The number of carbonyl (C=O) groups excluding carboxylic acids is 1. The van der Waals surface area contributed by atoms with E-state index in [9.17, 15) is 4.79 Å². The number of thiophene rings is 1. The monoisotopic (exact) mass is 154 g/mol. The molecule has 0 atom stereocenters. The summed E-state index contributed by atoms with van der Waals surface area (Å²) in [5, 5.41) is 2.02. The fraction of sp³-hybridized carbons (Fsp3) is 0.375. The molecular weight excluding hydrogens is 144 g/mol. The predicted octanol–water partition coefficient (Wildman–Crippen LogP) is 2.57.